The lowest BCUT2D eigenvalue weighted by Crippen LogP contribution is -2.13. The first-order chi connectivity index (χ1) is 9.40. The lowest BCUT2D eigenvalue weighted by Gasteiger charge is -2.11. The van der Waals surface area contributed by atoms with Gasteiger partial charge in [-0.25, -0.2) is 4.39 Å². The molecule has 0 atom stereocenters. The van der Waals surface area contributed by atoms with Crippen LogP contribution >= 0.6 is 23.2 Å². The van der Waals surface area contributed by atoms with Crippen LogP contribution < -0.4 is 5.32 Å². The SMILES string of the molecule is Cc1ccc(Cl)c(NC(=O)c2cc(F)ccc2O)c1Cl. The molecule has 0 radical (unpaired) electrons. The van der Waals surface area contributed by atoms with Crippen LogP contribution in [0.3, 0.4) is 0 Å². The third-order valence-electron chi connectivity index (χ3n) is 2.73. The van der Waals surface area contributed by atoms with Gasteiger partial charge in [0.05, 0.1) is 21.3 Å². The molecule has 2 aromatic rings. The molecule has 0 unspecified atom stereocenters. The Bertz CT molecular complexity index is 689. The fraction of sp³-hybridized carbons (Fsp3) is 0.0714. The van der Waals surface area contributed by atoms with Crippen molar-refractivity contribution in [2.45, 2.75) is 6.92 Å². The second-order valence-corrected chi connectivity index (χ2v) is 4.95. The smallest absolute Gasteiger partial charge is 0.259 e. The number of phenols is 1. The summed E-state index contributed by atoms with van der Waals surface area (Å²) in [4.78, 5) is 12.0. The number of hydrogen-bond acceptors (Lipinski definition) is 2. The van der Waals surface area contributed by atoms with Crippen LogP contribution in [0, 0.1) is 12.7 Å². The first-order valence-electron chi connectivity index (χ1n) is 5.64. The van der Waals surface area contributed by atoms with Crippen molar-refractivity contribution < 1.29 is 14.3 Å². The van der Waals surface area contributed by atoms with Crippen LogP contribution in [-0.4, -0.2) is 11.0 Å². The number of halogens is 3. The van der Waals surface area contributed by atoms with Crippen LogP contribution in [0.25, 0.3) is 0 Å². The summed E-state index contributed by atoms with van der Waals surface area (Å²) in [5.74, 6) is -1.66. The number of hydrogen-bond donors (Lipinski definition) is 2. The molecular formula is C14H10Cl2FNO2. The second-order valence-electron chi connectivity index (χ2n) is 4.17. The van der Waals surface area contributed by atoms with E-state index in [-0.39, 0.29) is 22.0 Å². The highest BCUT2D eigenvalue weighted by molar-refractivity contribution is 6.40. The van der Waals surface area contributed by atoms with Crippen molar-refractivity contribution in [3.05, 3.63) is 57.3 Å². The largest absolute Gasteiger partial charge is 0.507 e. The molecular weight excluding hydrogens is 304 g/mol. The van der Waals surface area contributed by atoms with E-state index in [0.717, 1.165) is 23.8 Å². The minimum atomic E-state index is -0.698. The summed E-state index contributed by atoms with van der Waals surface area (Å²) in [5.41, 5.74) is 0.760. The van der Waals surface area contributed by atoms with Crippen molar-refractivity contribution in [1.29, 1.82) is 0 Å². The quantitative estimate of drug-likeness (QED) is 0.863. The second kappa shape index (κ2) is 5.69. The Morgan fingerprint density at radius 3 is 2.65 bits per heavy atom. The Kier molecular flexibility index (Phi) is 4.16. The zero-order valence-corrected chi connectivity index (χ0v) is 11.9. The van der Waals surface area contributed by atoms with E-state index in [0.29, 0.717) is 5.02 Å². The summed E-state index contributed by atoms with van der Waals surface area (Å²) in [6, 6.07) is 6.38. The number of anilines is 1. The number of carbonyl (C=O) groups is 1. The first kappa shape index (κ1) is 14.6. The summed E-state index contributed by atoms with van der Waals surface area (Å²) < 4.78 is 13.1. The van der Waals surface area contributed by atoms with Gasteiger partial charge in [0.2, 0.25) is 0 Å². The molecule has 20 heavy (non-hydrogen) atoms. The normalized spacial score (nSPS) is 10.4. The van der Waals surface area contributed by atoms with Gasteiger partial charge in [0.1, 0.15) is 11.6 Å². The van der Waals surface area contributed by atoms with Crippen molar-refractivity contribution in [2.75, 3.05) is 5.32 Å². The van der Waals surface area contributed by atoms with Crippen LogP contribution in [0.4, 0.5) is 10.1 Å². The Labute approximate surface area is 124 Å². The summed E-state index contributed by atoms with van der Waals surface area (Å²) in [7, 11) is 0. The number of carbonyl (C=O) groups excluding carboxylic acids is 1. The highest BCUT2D eigenvalue weighted by atomic mass is 35.5. The minimum absolute atomic E-state index is 0.196. The van der Waals surface area contributed by atoms with Crippen molar-refractivity contribution in [3.8, 4) is 5.75 Å². The summed E-state index contributed by atoms with van der Waals surface area (Å²) in [5, 5.41) is 12.6. The monoisotopic (exact) mass is 313 g/mol. The first-order valence-corrected chi connectivity index (χ1v) is 6.40. The van der Waals surface area contributed by atoms with Crippen LogP contribution in [0.1, 0.15) is 15.9 Å². The zero-order valence-electron chi connectivity index (χ0n) is 10.4. The van der Waals surface area contributed by atoms with Crippen molar-refractivity contribution in [3.63, 3.8) is 0 Å². The van der Waals surface area contributed by atoms with Gasteiger partial charge in [0, 0.05) is 0 Å². The number of rotatable bonds is 2. The minimum Gasteiger partial charge on any atom is -0.507 e. The standard InChI is InChI=1S/C14H10Cl2FNO2/c1-7-2-4-10(15)13(12(7)16)18-14(20)9-6-8(17)3-5-11(9)19/h2-6,19H,1H3,(H,18,20). The topological polar surface area (TPSA) is 49.3 Å². The van der Waals surface area contributed by atoms with Gasteiger partial charge in [-0.1, -0.05) is 29.3 Å². The molecule has 0 aliphatic heterocycles. The van der Waals surface area contributed by atoms with Gasteiger partial charge in [-0.3, -0.25) is 4.79 Å². The van der Waals surface area contributed by atoms with Gasteiger partial charge in [0.25, 0.3) is 5.91 Å². The molecule has 104 valence electrons. The van der Waals surface area contributed by atoms with Gasteiger partial charge in [-0.2, -0.15) is 0 Å². The fourth-order valence-electron chi connectivity index (χ4n) is 1.64. The van der Waals surface area contributed by atoms with E-state index in [9.17, 15) is 14.3 Å². The molecule has 0 saturated carbocycles. The number of aryl methyl sites for hydroxylation is 1. The molecule has 0 spiro atoms. The van der Waals surface area contributed by atoms with E-state index in [4.69, 9.17) is 23.2 Å². The average molecular weight is 314 g/mol. The Balaban J connectivity index is 2.38. The molecule has 0 aliphatic rings. The number of phenolic OH excluding ortho intramolecular Hbond substituents is 1. The van der Waals surface area contributed by atoms with E-state index >= 15 is 0 Å². The molecule has 2 aromatic carbocycles. The van der Waals surface area contributed by atoms with Gasteiger partial charge in [-0.05, 0) is 36.8 Å². The molecule has 0 bridgehead atoms. The van der Waals surface area contributed by atoms with E-state index in [2.05, 4.69) is 5.32 Å². The molecule has 6 heteroatoms. The van der Waals surface area contributed by atoms with Crippen molar-refractivity contribution in [2.24, 2.45) is 0 Å². The third kappa shape index (κ3) is 2.86. The number of benzene rings is 2. The molecule has 2 rings (SSSR count). The molecule has 0 heterocycles. The molecule has 0 saturated heterocycles. The van der Waals surface area contributed by atoms with Gasteiger partial charge in [-0.15, -0.1) is 0 Å². The predicted octanol–water partition coefficient (Wildman–Crippen LogP) is 4.40. The van der Waals surface area contributed by atoms with E-state index in [1.54, 1.807) is 19.1 Å². The fourth-order valence-corrected chi connectivity index (χ4v) is 2.11. The zero-order chi connectivity index (χ0) is 14.9. The Morgan fingerprint density at radius 2 is 1.95 bits per heavy atom. The van der Waals surface area contributed by atoms with E-state index < -0.39 is 11.7 Å². The summed E-state index contributed by atoms with van der Waals surface area (Å²) in [6.07, 6.45) is 0. The third-order valence-corrected chi connectivity index (χ3v) is 3.53. The maximum atomic E-state index is 13.1. The van der Waals surface area contributed by atoms with E-state index in [1.807, 2.05) is 0 Å². The summed E-state index contributed by atoms with van der Waals surface area (Å²) in [6.45, 7) is 1.76. The highest BCUT2D eigenvalue weighted by Gasteiger charge is 2.16. The van der Waals surface area contributed by atoms with Crippen molar-refractivity contribution in [1.82, 2.24) is 0 Å². The van der Waals surface area contributed by atoms with Crippen LogP contribution in [-0.2, 0) is 0 Å². The summed E-state index contributed by atoms with van der Waals surface area (Å²) >= 11 is 12.0. The Morgan fingerprint density at radius 1 is 1.25 bits per heavy atom. The lowest BCUT2D eigenvalue weighted by molar-refractivity contribution is 0.102. The molecule has 0 fully saturated rings. The van der Waals surface area contributed by atoms with Crippen molar-refractivity contribution >= 4 is 34.8 Å². The molecule has 1 amide bonds. The Hall–Kier alpha value is -1.78. The van der Waals surface area contributed by atoms with Gasteiger partial charge < -0.3 is 10.4 Å². The predicted molar refractivity (Wildman–Crippen MR) is 77.2 cm³/mol. The molecule has 3 nitrogen and oxygen atoms in total. The van der Waals surface area contributed by atoms with Crippen LogP contribution in [0.15, 0.2) is 30.3 Å². The van der Waals surface area contributed by atoms with Crippen LogP contribution in [0.2, 0.25) is 10.0 Å². The number of aromatic hydroxyl groups is 1. The molecule has 2 N–H and O–H groups in total. The van der Waals surface area contributed by atoms with Gasteiger partial charge in [0.15, 0.2) is 0 Å². The number of nitrogens with one attached hydrogen (secondary N) is 1. The average Bonchev–Trinajstić information content (AvgIpc) is 2.41. The van der Waals surface area contributed by atoms with Gasteiger partial charge >= 0.3 is 0 Å². The maximum absolute atomic E-state index is 13.1. The molecule has 0 aliphatic carbocycles. The highest BCUT2D eigenvalue weighted by Crippen LogP contribution is 2.33. The van der Waals surface area contributed by atoms with E-state index in [1.165, 1.54) is 0 Å². The number of amides is 1. The van der Waals surface area contributed by atoms with Crippen LogP contribution in [0.5, 0.6) is 5.75 Å². The molecule has 0 aromatic heterocycles. The lowest BCUT2D eigenvalue weighted by atomic mass is 10.1. The maximum Gasteiger partial charge on any atom is 0.259 e.